The first-order valence-electron chi connectivity index (χ1n) is 25.3. The Morgan fingerprint density at radius 3 is 0.934 bits per heavy atom. The molecule has 0 spiro atoms. The molecular weight excluding hydrogens is 1120 g/mol. The molecule has 0 saturated heterocycles. The fourth-order valence-corrected chi connectivity index (χ4v) is 10.5. The van der Waals surface area contributed by atoms with Crippen LogP contribution < -0.4 is 34.6 Å². The average Bonchev–Trinajstić information content (AvgIpc) is 4.24. The van der Waals surface area contributed by atoms with Crippen molar-refractivity contribution in [3.63, 3.8) is 0 Å². The minimum atomic E-state index is 0. The quantitative estimate of drug-likeness (QED) is 0.153. The third-order valence-electron chi connectivity index (χ3n) is 13.4. The van der Waals surface area contributed by atoms with E-state index in [2.05, 4.69) is 284 Å². The van der Waals surface area contributed by atoms with Crippen LogP contribution in [-0.4, -0.2) is 34.6 Å². The van der Waals surface area contributed by atoms with Gasteiger partial charge in [-0.25, -0.2) is 23.3 Å². The molecule has 0 N–H and O–H groups in total. The minimum absolute atomic E-state index is 0. The van der Waals surface area contributed by atoms with E-state index in [1.165, 1.54) is 155 Å². The molecule has 0 heterocycles. The van der Waals surface area contributed by atoms with Gasteiger partial charge in [-0.3, -0.25) is 12.2 Å². The predicted molar refractivity (Wildman–Crippen MR) is 309 cm³/mol. The van der Waals surface area contributed by atoms with E-state index in [1.54, 1.807) is 0 Å². The summed E-state index contributed by atoms with van der Waals surface area (Å²) in [6.45, 7) is 8.53. The monoisotopic (exact) mass is 1180 g/mol. The molecule has 0 saturated carbocycles. The van der Waals surface area contributed by atoms with Crippen LogP contribution in [0.4, 0.5) is 11.4 Å². The molecule has 76 heavy (non-hydrogen) atoms. The number of hydrogen-bond acceptors (Lipinski definition) is 2. The SMILES string of the molecule is CC1=C(C)C[C-]=C1.CC1=C(C)C[C-]=C1.CN(C)c1cc[c-]c2c1-c1ccccc1C2.CN(C)c1cc[c-]c2c1-c1ccccc1C2.[Cl-].[Cl-].[Zr+2]=[C](c1ccccc1)c1ccccc1.[Zr+2]=[C](c1ccccc1)c1ccccc1. The van der Waals surface area contributed by atoms with Crippen LogP contribution in [0.5, 0.6) is 0 Å². The van der Waals surface area contributed by atoms with E-state index in [4.69, 9.17) is 0 Å². The fraction of sp³-hybridized carbons (Fsp3) is 0.171. The second-order valence-corrected chi connectivity index (χ2v) is 21.5. The summed E-state index contributed by atoms with van der Waals surface area (Å²) in [5, 5.41) is 0. The van der Waals surface area contributed by atoms with Gasteiger partial charge in [-0.1, -0.05) is 96.0 Å². The zero-order valence-electron chi connectivity index (χ0n) is 45.1. The Balaban J connectivity index is 0.000000172. The summed E-state index contributed by atoms with van der Waals surface area (Å²) in [4.78, 5) is 4.35. The maximum atomic E-state index is 3.36. The fourth-order valence-electron chi connectivity index (χ4n) is 8.90. The van der Waals surface area contributed by atoms with Crippen molar-refractivity contribution in [2.75, 3.05) is 38.0 Å². The van der Waals surface area contributed by atoms with E-state index in [0.717, 1.165) is 25.7 Å². The van der Waals surface area contributed by atoms with Gasteiger partial charge in [0.1, 0.15) is 0 Å². The first kappa shape index (κ1) is 61.3. The molecule has 0 unspecified atom stereocenters. The van der Waals surface area contributed by atoms with E-state index >= 15 is 0 Å². The van der Waals surface area contributed by atoms with Crippen LogP contribution in [0.3, 0.4) is 0 Å². The van der Waals surface area contributed by atoms with E-state index < -0.39 is 0 Å². The molecule has 0 aromatic heterocycles. The van der Waals surface area contributed by atoms with Gasteiger partial charge >= 0.3 is 198 Å². The van der Waals surface area contributed by atoms with Crippen molar-refractivity contribution in [1.82, 2.24) is 0 Å². The maximum absolute atomic E-state index is 3.36. The molecular formula is C70H66Cl2N2Zr2-2. The molecule has 0 aliphatic heterocycles. The molecule has 0 fully saturated rings. The van der Waals surface area contributed by atoms with Gasteiger partial charge in [0.05, 0.1) is 0 Å². The first-order chi connectivity index (χ1) is 35.9. The molecule has 6 heteroatoms. The van der Waals surface area contributed by atoms with Crippen molar-refractivity contribution in [1.29, 1.82) is 0 Å². The van der Waals surface area contributed by atoms with E-state index in [9.17, 15) is 0 Å². The third-order valence-corrected chi connectivity index (χ3v) is 16.2. The van der Waals surface area contributed by atoms with Gasteiger partial charge in [0.2, 0.25) is 0 Å². The number of hydrogen-bond donors (Lipinski definition) is 0. The second-order valence-electron chi connectivity index (χ2n) is 19.1. The van der Waals surface area contributed by atoms with Gasteiger partial charge in [-0.15, -0.1) is 61.1 Å². The molecule has 4 aliphatic rings. The number of allylic oxidation sites excluding steroid dienone is 8. The average molecular weight is 1190 g/mol. The Hall–Kier alpha value is -5.59. The summed E-state index contributed by atoms with van der Waals surface area (Å²) in [5.41, 5.74) is 24.6. The zero-order valence-corrected chi connectivity index (χ0v) is 51.5. The van der Waals surface area contributed by atoms with Gasteiger partial charge in [0.25, 0.3) is 0 Å². The molecule has 12 rings (SSSR count). The number of benzene rings is 8. The van der Waals surface area contributed by atoms with Gasteiger partial charge in [-0.05, 0) is 12.8 Å². The molecule has 0 radical (unpaired) electrons. The third kappa shape index (κ3) is 16.7. The predicted octanol–water partition coefficient (Wildman–Crippen LogP) is 10.0. The Morgan fingerprint density at radius 2 is 0.684 bits per heavy atom. The van der Waals surface area contributed by atoms with Gasteiger partial charge in [0.15, 0.2) is 0 Å². The first-order valence-corrected chi connectivity index (χ1v) is 27.8. The van der Waals surface area contributed by atoms with Crippen molar-refractivity contribution >= 4 is 17.8 Å². The number of anilines is 2. The summed E-state index contributed by atoms with van der Waals surface area (Å²) >= 11 is 2.92. The summed E-state index contributed by atoms with van der Waals surface area (Å²) in [6.07, 6.45) is 14.5. The molecule has 0 amide bonds. The zero-order chi connectivity index (χ0) is 52.4. The number of fused-ring (bicyclic) bond motifs is 6. The topological polar surface area (TPSA) is 6.48 Å². The normalized spacial score (nSPS) is 12.3. The van der Waals surface area contributed by atoms with Crippen LogP contribution >= 0.6 is 0 Å². The van der Waals surface area contributed by atoms with Crippen molar-refractivity contribution in [3.8, 4) is 22.3 Å². The Labute approximate surface area is 497 Å². The molecule has 0 atom stereocenters. The summed E-state index contributed by atoms with van der Waals surface area (Å²) in [7, 11) is 8.38. The molecule has 2 nitrogen and oxygen atoms in total. The summed E-state index contributed by atoms with van der Waals surface area (Å²) < 4.78 is 2.83. The van der Waals surface area contributed by atoms with Crippen molar-refractivity contribution in [3.05, 3.63) is 297 Å². The van der Waals surface area contributed by atoms with Crippen molar-refractivity contribution in [2.24, 2.45) is 0 Å². The van der Waals surface area contributed by atoms with E-state index in [0.29, 0.717) is 0 Å². The van der Waals surface area contributed by atoms with Crippen LogP contribution in [0.25, 0.3) is 22.3 Å². The standard InChI is InChI=1S/2C15H14N.2C13H10.2C7H9.2ClH.2Zr/c2*1-16(2)14-9-5-7-12-10-11-6-3-4-8-13(11)15(12)14;2*1-3-7-12(8-4-1)11-13-9-5-2-6-10-13;2*1-6-4-3-5-7(6)2;;;;/h2*3-6,8-9H,10H2,1-2H3;2*1-10H;2*4H,5H2,1-2H3;2*1H;;/q2*-1;;;2*-1;;;2*+2/p-2. The number of halogens is 2. The molecule has 4 aliphatic carbocycles. The van der Waals surface area contributed by atoms with E-state index in [1.807, 2.05) is 12.1 Å². The van der Waals surface area contributed by atoms with Gasteiger partial charge in [-0.2, -0.15) is 35.4 Å². The van der Waals surface area contributed by atoms with Crippen LogP contribution in [0.1, 0.15) is 85.0 Å². The Bertz CT molecular complexity index is 2980. The molecule has 380 valence electrons. The molecule has 8 aromatic carbocycles. The Morgan fingerprint density at radius 1 is 0.395 bits per heavy atom. The van der Waals surface area contributed by atoms with Crippen LogP contribution in [0.2, 0.25) is 0 Å². The van der Waals surface area contributed by atoms with Crippen molar-refractivity contribution < 1.29 is 73.3 Å². The van der Waals surface area contributed by atoms with Crippen LogP contribution in [0.15, 0.2) is 229 Å². The number of rotatable bonds is 6. The van der Waals surface area contributed by atoms with E-state index in [-0.39, 0.29) is 24.8 Å². The van der Waals surface area contributed by atoms with Crippen LogP contribution in [-0.2, 0) is 61.3 Å². The molecule has 0 bridgehead atoms. The second kappa shape index (κ2) is 31.0. The summed E-state index contributed by atoms with van der Waals surface area (Å²) in [6, 6.07) is 74.6. The van der Waals surface area contributed by atoms with Gasteiger partial charge in [0, 0.05) is 28.2 Å². The van der Waals surface area contributed by atoms with Crippen LogP contribution in [0, 0.1) is 24.3 Å². The van der Waals surface area contributed by atoms with Gasteiger partial charge < -0.3 is 34.6 Å². The molecule has 8 aromatic rings. The van der Waals surface area contributed by atoms with Crippen molar-refractivity contribution in [2.45, 2.75) is 53.4 Å². The summed E-state index contributed by atoms with van der Waals surface area (Å²) in [5.74, 6) is 0. The number of nitrogens with zero attached hydrogens (tertiary/aromatic N) is 2. The Kier molecular flexibility index (Phi) is 25.0.